The molecule has 0 spiro atoms. The van der Waals surface area contributed by atoms with Crippen LogP contribution in [0.15, 0.2) is 121 Å². The number of hydrogen-bond donors (Lipinski definition) is 0. The maximum Gasteiger partial charge on any atom is 0.125 e. The monoisotopic (exact) mass is 380 g/mol. The molecule has 4 aromatic rings. The van der Waals surface area contributed by atoms with Crippen LogP contribution in [0.3, 0.4) is 0 Å². The first kappa shape index (κ1) is 18.8. The second kappa shape index (κ2) is 9.58. The van der Waals surface area contributed by atoms with Crippen molar-refractivity contribution < 1.29 is 4.74 Å². The molecule has 0 N–H and O–H groups in total. The zero-order valence-electron chi connectivity index (χ0n) is 16.3. The van der Waals surface area contributed by atoms with E-state index in [1.165, 1.54) is 0 Å². The van der Waals surface area contributed by atoms with E-state index in [1.807, 2.05) is 72.8 Å². The zero-order valence-corrected chi connectivity index (χ0v) is 16.3. The Kier molecular flexibility index (Phi) is 6.21. The molecule has 0 heterocycles. The summed E-state index contributed by atoms with van der Waals surface area (Å²) in [5.74, 6) is 0. The third-order valence-corrected chi connectivity index (χ3v) is 4.71. The topological polar surface area (TPSA) is 15.7 Å². The Labute approximate surface area is 172 Å². The highest BCUT2D eigenvalue weighted by molar-refractivity contribution is 5.63. The number of para-hydroxylation sites is 4. The highest BCUT2D eigenvalue weighted by Gasteiger charge is 2.12. The minimum atomic E-state index is 0.449. The van der Waals surface area contributed by atoms with Crippen molar-refractivity contribution in [1.29, 1.82) is 0 Å². The lowest BCUT2D eigenvalue weighted by molar-refractivity contribution is 0.147. The van der Waals surface area contributed by atoms with Gasteiger partial charge in [0.2, 0.25) is 0 Å². The van der Waals surface area contributed by atoms with Crippen LogP contribution >= 0.6 is 0 Å². The fraction of sp³-hybridized carbons (Fsp3) is 0.0769. The van der Waals surface area contributed by atoms with Gasteiger partial charge in [0.25, 0.3) is 0 Å². The smallest absolute Gasteiger partial charge is 0.125 e. The molecule has 144 valence electrons. The number of anilines is 4. The van der Waals surface area contributed by atoms with Gasteiger partial charge in [-0.25, -0.2) is 0 Å². The number of rotatable bonds is 8. The van der Waals surface area contributed by atoms with E-state index < -0.39 is 0 Å². The fourth-order valence-corrected chi connectivity index (χ4v) is 3.25. The van der Waals surface area contributed by atoms with Crippen LogP contribution in [0.1, 0.15) is 0 Å². The maximum atomic E-state index is 6.23. The summed E-state index contributed by atoms with van der Waals surface area (Å²) in [6.07, 6.45) is 0. The number of benzene rings is 4. The van der Waals surface area contributed by atoms with E-state index >= 15 is 0 Å². The van der Waals surface area contributed by atoms with Gasteiger partial charge in [0.05, 0.1) is 0 Å². The van der Waals surface area contributed by atoms with Gasteiger partial charge >= 0.3 is 0 Å². The van der Waals surface area contributed by atoms with Crippen molar-refractivity contribution >= 4 is 22.7 Å². The van der Waals surface area contributed by atoms with Crippen molar-refractivity contribution in [2.45, 2.75) is 0 Å². The SMILES string of the molecule is c1ccc(N(COCN(c2ccccc2)c2ccccc2)c2ccccc2)cc1. The van der Waals surface area contributed by atoms with Gasteiger partial charge in [0.1, 0.15) is 13.5 Å². The first-order valence-electron chi connectivity index (χ1n) is 9.75. The van der Waals surface area contributed by atoms with Gasteiger partial charge in [-0.3, -0.25) is 0 Å². The van der Waals surface area contributed by atoms with E-state index in [-0.39, 0.29) is 0 Å². The molecule has 4 rings (SSSR count). The van der Waals surface area contributed by atoms with Gasteiger partial charge in [-0.1, -0.05) is 72.8 Å². The van der Waals surface area contributed by atoms with Crippen LogP contribution in [-0.4, -0.2) is 13.5 Å². The lowest BCUT2D eigenvalue weighted by Crippen LogP contribution is -2.27. The summed E-state index contributed by atoms with van der Waals surface area (Å²) in [4.78, 5) is 4.35. The summed E-state index contributed by atoms with van der Waals surface area (Å²) in [6.45, 7) is 0.897. The summed E-state index contributed by atoms with van der Waals surface area (Å²) in [7, 11) is 0. The van der Waals surface area contributed by atoms with E-state index in [4.69, 9.17) is 4.74 Å². The van der Waals surface area contributed by atoms with E-state index in [9.17, 15) is 0 Å². The van der Waals surface area contributed by atoms with Crippen molar-refractivity contribution in [2.75, 3.05) is 23.3 Å². The van der Waals surface area contributed by atoms with E-state index in [0.717, 1.165) is 22.7 Å². The molecule has 0 amide bonds. The lowest BCUT2D eigenvalue weighted by atomic mass is 10.2. The van der Waals surface area contributed by atoms with Crippen LogP contribution in [0.2, 0.25) is 0 Å². The van der Waals surface area contributed by atoms with Crippen molar-refractivity contribution in [3.63, 3.8) is 0 Å². The van der Waals surface area contributed by atoms with Gasteiger partial charge in [0.15, 0.2) is 0 Å². The van der Waals surface area contributed by atoms with Gasteiger partial charge in [-0.15, -0.1) is 0 Å². The van der Waals surface area contributed by atoms with Crippen molar-refractivity contribution in [3.8, 4) is 0 Å². The molecular weight excluding hydrogens is 356 g/mol. The molecule has 29 heavy (non-hydrogen) atoms. The van der Waals surface area contributed by atoms with E-state index in [1.54, 1.807) is 0 Å². The molecule has 0 aliphatic carbocycles. The molecule has 0 fully saturated rings. The molecule has 0 saturated carbocycles. The molecule has 3 heteroatoms. The average Bonchev–Trinajstić information content (AvgIpc) is 2.81. The molecule has 3 nitrogen and oxygen atoms in total. The van der Waals surface area contributed by atoms with Crippen molar-refractivity contribution in [1.82, 2.24) is 0 Å². The summed E-state index contributed by atoms with van der Waals surface area (Å²) in [6, 6.07) is 41.3. The van der Waals surface area contributed by atoms with Gasteiger partial charge in [-0.2, -0.15) is 0 Å². The van der Waals surface area contributed by atoms with Crippen molar-refractivity contribution in [2.24, 2.45) is 0 Å². The van der Waals surface area contributed by atoms with Crippen molar-refractivity contribution in [3.05, 3.63) is 121 Å². The Morgan fingerprint density at radius 2 is 0.621 bits per heavy atom. The second-order valence-electron chi connectivity index (χ2n) is 6.66. The lowest BCUT2D eigenvalue weighted by Gasteiger charge is -2.29. The fourth-order valence-electron chi connectivity index (χ4n) is 3.25. The molecule has 0 bridgehead atoms. The third kappa shape index (κ3) is 4.84. The number of nitrogens with zero attached hydrogens (tertiary/aromatic N) is 2. The molecule has 0 saturated heterocycles. The predicted octanol–water partition coefficient (Wildman–Crippen LogP) is 6.59. The molecule has 0 unspecified atom stereocenters. The largest absolute Gasteiger partial charge is 0.340 e. The maximum absolute atomic E-state index is 6.23. The summed E-state index contributed by atoms with van der Waals surface area (Å²) >= 11 is 0. The molecule has 0 atom stereocenters. The van der Waals surface area contributed by atoms with Crippen LogP contribution in [-0.2, 0) is 4.74 Å². The Morgan fingerprint density at radius 1 is 0.379 bits per heavy atom. The van der Waals surface area contributed by atoms with Gasteiger partial charge < -0.3 is 14.5 Å². The zero-order chi connectivity index (χ0) is 19.7. The number of ether oxygens (including phenoxy) is 1. The quantitative estimate of drug-likeness (QED) is 0.321. The number of hydrogen-bond acceptors (Lipinski definition) is 3. The van der Waals surface area contributed by atoms with Crippen LogP contribution in [0.4, 0.5) is 22.7 Å². The summed E-state index contributed by atoms with van der Waals surface area (Å²) in [5, 5.41) is 0. The van der Waals surface area contributed by atoms with Crippen LogP contribution in [0.25, 0.3) is 0 Å². The van der Waals surface area contributed by atoms with E-state index in [2.05, 4.69) is 58.3 Å². The molecular formula is C26H24N2O. The first-order chi connectivity index (χ1) is 14.4. The summed E-state index contributed by atoms with van der Waals surface area (Å²) < 4.78 is 6.23. The third-order valence-electron chi connectivity index (χ3n) is 4.71. The second-order valence-corrected chi connectivity index (χ2v) is 6.66. The normalized spacial score (nSPS) is 10.5. The molecule has 4 aromatic carbocycles. The molecule has 0 aliphatic rings. The molecule has 0 radical (unpaired) electrons. The standard InChI is InChI=1S/C26H24N2O/c1-5-13-23(14-6-1)27(24-15-7-2-8-16-24)21-29-22-28(25-17-9-3-10-18-25)26-19-11-4-12-20-26/h1-20H,21-22H2. The van der Waals surface area contributed by atoms with Gasteiger partial charge in [-0.05, 0) is 48.5 Å². The highest BCUT2D eigenvalue weighted by atomic mass is 16.5. The van der Waals surface area contributed by atoms with Gasteiger partial charge in [0, 0.05) is 22.7 Å². The molecule has 0 aliphatic heterocycles. The van der Waals surface area contributed by atoms with E-state index in [0.29, 0.717) is 13.5 Å². The Morgan fingerprint density at radius 3 is 0.862 bits per heavy atom. The average molecular weight is 380 g/mol. The first-order valence-corrected chi connectivity index (χ1v) is 9.75. The Hall–Kier alpha value is -3.56. The van der Waals surface area contributed by atoms with Crippen LogP contribution < -0.4 is 9.80 Å². The summed E-state index contributed by atoms with van der Waals surface area (Å²) in [5.41, 5.74) is 4.41. The minimum Gasteiger partial charge on any atom is -0.340 e. The minimum absolute atomic E-state index is 0.449. The Balaban J connectivity index is 1.53. The Bertz CT molecular complexity index is 814. The van der Waals surface area contributed by atoms with Crippen LogP contribution in [0.5, 0.6) is 0 Å². The predicted molar refractivity (Wildman–Crippen MR) is 121 cm³/mol. The highest BCUT2D eigenvalue weighted by Crippen LogP contribution is 2.27. The van der Waals surface area contributed by atoms with Crippen LogP contribution in [0, 0.1) is 0 Å². The molecule has 0 aromatic heterocycles.